The lowest BCUT2D eigenvalue weighted by atomic mass is 10.1. The highest BCUT2D eigenvalue weighted by molar-refractivity contribution is 7.98. The van der Waals surface area contributed by atoms with Crippen LogP contribution in [0.5, 0.6) is 0 Å². The van der Waals surface area contributed by atoms with Crippen molar-refractivity contribution in [2.75, 3.05) is 5.73 Å². The first-order chi connectivity index (χ1) is 13.5. The maximum Gasteiger partial charge on any atom is 0.262 e. The first-order valence-corrected chi connectivity index (χ1v) is 9.32. The number of pyridine rings is 1. The fourth-order valence-corrected chi connectivity index (χ4v) is 4.03. The van der Waals surface area contributed by atoms with E-state index >= 15 is 0 Å². The van der Waals surface area contributed by atoms with Crippen LogP contribution >= 0.6 is 11.8 Å². The van der Waals surface area contributed by atoms with Crippen molar-refractivity contribution in [3.63, 3.8) is 0 Å². The van der Waals surface area contributed by atoms with Crippen LogP contribution in [-0.4, -0.2) is 16.4 Å². The number of carbonyl (C=O) groups is 2. The molecule has 0 radical (unpaired) electrons. The van der Waals surface area contributed by atoms with E-state index in [2.05, 4.69) is 5.32 Å². The van der Waals surface area contributed by atoms with Gasteiger partial charge in [0.25, 0.3) is 17.4 Å². The number of nitrogens with one attached hydrogen (secondary N) is 1. The molecule has 0 unspecified atom stereocenters. The molecule has 1 aliphatic heterocycles. The van der Waals surface area contributed by atoms with Gasteiger partial charge in [-0.1, -0.05) is 24.3 Å². The number of para-hydroxylation sites is 1. The highest BCUT2D eigenvalue weighted by atomic mass is 32.2. The lowest BCUT2D eigenvalue weighted by molar-refractivity contribution is 0.0880. The lowest BCUT2D eigenvalue weighted by Crippen LogP contribution is -2.24. The summed E-state index contributed by atoms with van der Waals surface area (Å²) in [4.78, 5) is 37.3. The van der Waals surface area contributed by atoms with Gasteiger partial charge in [0.15, 0.2) is 0 Å². The van der Waals surface area contributed by atoms with Crippen molar-refractivity contribution in [2.24, 2.45) is 0 Å². The minimum absolute atomic E-state index is 0.00272. The number of nitrogens with zero attached hydrogens (tertiary/aromatic N) is 1. The van der Waals surface area contributed by atoms with Gasteiger partial charge in [0.2, 0.25) is 0 Å². The Balaban J connectivity index is 1.76. The van der Waals surface area contributed by atoms with Crippen LogP contribution in [0.4, 0.5) is 10.2 Å². The number of nitrogens with two attached hydrogens (primary N) is 1. The minimum Gasteiger partial charge on any atom is -0.384 e. The van der Waals surface area contributed by atoms with E-state index in [-0.39, 0.29) is 22.8 Å². The highest BCUT2D eigenvalue weighted by Gasteiger charge is 2.32. The predicted molar refractivity (Wildman–Crippen MR) is 104 cm³/mol. The number of benzene rings is 2. The van der Waals surface area contributed by atoms with Gasteiger partial charge in [0.05, 0.1) is 16.8 Å². The molecule has 4 rings (SSSR count). The first kappa shape index (κ1) is 18.0. The number of rotatable bonds is 4. The van der Waals surface area contributed by atoms with E-state index in [9.17, 15) is 18.8 Å². The third-order valence-corrected chi connectivity index (χ3v) is 5.50. The Bertz CT molecular complexity index is 1170. The van der Waals surface area contributed by atoms with Gasteiger partial charge in [0.1, 0.15) is 11.6 Å². The van der Waals surface area contributed by atoms with Gasteiger partial charge in [0, 0.05) is 16.7 Å². The number of carbonyl (C=O) groups excluding carboxylic acids is 2. The SMILES string of the molecule is Nc1c2c(cc(=O)n1-c1ccccc1SCc1ccc(F)cc1)C(=O)NC2=O. The normalized spacial score (nSPS) is 12.8. The number of amides is 2. The summed E-state index contributed by atoms with van der Waals surface area (Å²) in [6.45, 7) is 0. The summed E-state index contributed by atoms with van der Waals surface area (Å²) in [6.07, 6.45) is 0. The molecular formula is C20H14FN3O3S. The van der Waals surface area contributed by atoms with Gasteiger partial charge in [-0.15, -0.1) is 11.8 Å². The molecule has 1 aromatic heterocycles. The molecule has 0 bridgehead atoms. The second-order valence-electron chi connectivity index (χ2n) is 6.16. The summed E-state index contributed by atoms with van der Waals surface area (Å²) >= 11 is 1.45. The minimum atomic E-state index is -0.630. The molecule has 0 spiro atoms. The largest absolute Gasteiger partial charge is 0.384 e. The number of nitrogen functional groups attached to an aromatic ring is 1. The maximum absolute atomic E-state index is 13.1. The van der Waals surface area contributed by atoms with Crippen LogP contribution in [0.25, 0.3) is 5.69 Å². The Labute approximate surface area is 163 Å². The third kappa shape index (κ3) is 3.07. The zero-order chi connectivity index (χ0) is 19.8. The van der Waals surface area contributed by atoms with Crippen LogP contribution in [0.1, 0.15) is 26.3 Å². The molecule has 0 atom stereocenters. The number of imide groups is 1. The standard InChI is InChI=1S/C20H14FN3O3S/c21-12-7-5-11(6-8-12)10-28-15-4-2-1-3-14(15)24-16(25)9-13-17(18(24)22)20(27)23-19(13)26/h1-9H,10,22H2,(H,23,26,27). The fraction of sp³-hybridized carbons (Fsp3) is 0.0500. The van der Waals surface area contributed by atoms with E-state index in [1.165, 1.54) is 28.5 Å². The molecule has 6 nitrogen and oxygen atoms in total. The zero-order valence-corrected chi connectivity index (χ0v) is 15.3. The molecule has 3 N–H and O–H groups in total. The highest BCUT2D eigenvalue weighted by Crippen LogP contribution is 2.31. The number of hydrogen-bond donors (Lipinski definition) is 2. The molecule has 0 aliphatic carbocycles. The van der Waals surface area contributed by atoms with Crippen molar-refractivity contribution in [2.45, 2.75) is 10.6 Å². The smallest absolute Gasteiger partial charge is 0.262 e. The topological polar surface area (TPSA) is 94.2 Å². The monoisotopic (exact) mass is 395 g/mol. The average Bonchev–Trinajstić information content (AvgIpc) is 2.96. The van der Waals surface area contributed by atoms with Crippen molar-refractivity contribution >= 4 is 29.4 Å². The predicted octanol–water partition coefficient (Wildman–Crippen LogP) is 2.73. The van der Waals surface area contributed by atoms with Crippen molar-refractivity contribution in [1.82, 2.24) is 9.88 Å². The Kier molecular flexibility index (Phi) is 4.48. The van der Waals surface area contributed by atoms with E-state index in [4.69, 9.17) is 5.73 Å². The molecule has 2 aromatic carbocycles. The lowest BCUT2D eigenvalue weighted by Gasteiger charge is -2.15. The van der Waals surface area contributed by atoms with Crippen molar-refractivity contribution in [3.8, 4) is 5.69 Å². The molecule has 2 heterocycles. The summed E-state index contributed by atoms with van der Waals surface area (Å²) in [7, 11) is 0. The summed E-state index contributed by atoms with van der Waals surface area (Å²) in [5.74, 6) is -1.09. The summed E-state index contributed by atoms with van der Waals surface area (Å²) in [5, 5.41) is 2.15. The maximum atomic E-state index is 13.1. The second-order valence-corrected chi connectivity index (χ2v) is 7.18. The van der Waals surface area contributed by atoms with Crippen LogP contribution in [0.15, 0.2) is 64.3 Å². The first-order valence-electron chi connectivity index (χ1n) is 8.33. The number of aromatic nitrogens is 1. The van der Waals surface area contributed by atoms with Gasteiger partial charge in [-0.2, -0.15) is 0 Å². The van der Waals surface area contributed by atoms with Crippen molar-refractivity contribution < 1.29 is 14.0 Å². The van der Waals surface area contributed by atoms with E-state index in [1.54, 1.807) is 24.3 Å². The quantitative estimate of drug-likeness (QED) is 0.523. The number of halogens is 1. The van der Waals surface area contributed by atoms with E-state index < -0.39 is 17.4 Å². The Hall–Kier alpha value is -3.39. The van der Waals surface area contributed by atoms with Crippen LogP contribution < -0.4 is 16.6 Å². The van der Waals surface area contributed by atoms with Gasteiger partial charge < -0.3 is 5.73 Å². The van der Waals surface area contributed by atoms with E-state index in [0.717, 1.165) is 16.5 Å². The molecule has 3 aromatic rings. The molecule has 1 aliphatic rings. The average molecular weight is 395 g/mol. The van der Waals surface area contributed by atoms with Crippen molar-refractivity contribution in [3.05, 3.63) is 87.5 Å². The molecule has 0 saturated carbocycles. The third-order valence-electron chi connectivity index (χ3n) is 4.37. The summed E-state index contributed by atoms with van der Waals surface area (Å²) < 4.78 is 14.3. The number of anilines is 1. The Morgan fingerprint density at radius 2 is 1.71 bits per heavy atom. The van der Waals surface area contributed by atoms with Crippen LogP contribution in [-0.2, 0) is 5.75 Å². The molecule has 8 heteroatoms. The van der Waals surface area contributed by atoms with Gasteiger partial charge in [-0.05, 0) is 29.8 Å². The molecule has 28 heavy (non-hydrogen) atoms. The van der Waals surface area contributed by atoms with Gasteiger partial charge >= 0.3 is 0 Å². The van der Waals surface area contributed by atoms with Crippen LogP contribution in [0.2, 0.25) is 0 Å². The van der Waals surface area contributed by atoms with Crippen LogP contribution in [0.3, 0.4) is 0 Å². The molecule has 0 fully saturated rings. The van der Waals surface area contributed by atoms with Crippen LogP contribution in [0, 0.1) is 5.82 Å². The van der Waals surface area contributed by atoms with E-state index in [1.807, 2.05) is 12.1 Å². The van der Waals surface area contributed by atoms with Crippen molar-refractivity contribution in [1.29, 1.82) is 0 Å². The molecule has 0 saturated heterocycles. The number of thioether (sulfide) groups is 1. The Morgan fingerprint density at radius 3 is 2.46 bits per heavy atom. The molecule has 140 valence electrons. The van der Waals surface area contributed by atoms with Gasteiger partial charge in [-0.3, -0.25) is 24.3 Å². The summed E-state index contributed by atoms with van der Waals surface area (Å²) in [5.41, 5.74) is 7.02. The summed E-state index contributed by atoms with van der Waals surface area (Å²) in [6, 6.07) is 14.4. The second kappa shape index (κ2) is 6.97. The Morgan fingerprint density at radius 1 is 1.00 bits per heavy atom. The molecule has 2 amide bonds. The number of fused-ring (bicyclic) bond motifs is 1. The zero-order valence-electron chi connectivity index (χ0n) is 14.4. The van der Waals surface area contributed by atoms with E-state index in [0.29, 0.717) is 11.4 Å². The molecular weight excluding hydrogens is 381 g/mol. The van der Waals surface area contributed by atoms with Gasteiger partial charge in [-0.25, -0.2) is 4.39 Å². The number of hydrogen-bond acceptors (Lipinski definition) is 5. The fourth-order valence-electron chi connectivity index (χ4n) is 3.03.